The number of hydrogen-bond donors (Lipinski definition) is 1. The van der Waals surface area contributed by atoms with E-state index in [9.17, 15) is 0 Å². The van der Waals surface area contributed by atoms with Crippen molar-refractivity contribution < 1.29 is 4.42 Å². The van der Waals surface area contributed by atoms with Gasteiger partial charge in [-0.25, -0.2) is 9.98 Å². The van der Waals surface area contributed by atoms with Crippen molar-refractivity contribution in [2.45, 2.75) is 31.8 Å². The van der Waals surface area contributed by atoms with Gasteiger partial charge in [-0.1, -0.05) is 97.1 Å². The van der Waals surface area contributed by atoms with E-state index in [0.29, 0.717) is 0 Å². The van der Waals surface area contributed by atoms with Crippen LogP contribution < -0.4 is 5.32 Å². The second-order valence-electron chi connectivity index (χ2n) is 13.5. The molecule has 0 amide bonds. The molecule has 0 saturated carbocycles. The Labute approximate surface area is 302 Å². The number of hydrogen-bond acceptors (Lipinski definition) is 6. The molecule has 3 aromatic heterocycles. The van der Waals surface area contributed by atoms with E-state index in [2.05, 4.69) is 127 Å². The van der Waals surface area contributed by atoms with Crippen LogP contribution in [0.25, 0.3) is 65.4 Å². The first-order valence-electron chi connectivity index (χ1n) is 17.6. The normalized spacial score (nSPS) is 16.9. The summed E-state index contributed by atoms with van der Waals surface area (Å²) in [6, 6.07) is 38.8. The minimum atomic E-state index is -0.312. The van der Waals surface area contributed by atoms with Crippen LogP contribution in [0, 0.1) is 0 Å². The first-order valence-corrected chi connectivity index (χ1v) is 19.2. The maximum Gasteiger partial charge on any atom is 0.166 e. The Morgan fingerprint density at radius 2 is 1.43 bits per heavy atom. The van der Waals surface area contributed by atoms with E-state index in [4.69, 9.17) is 14.4 Å². The monoisotopic (exact) mass is 693 g/mol. The number of fused-ring (bicyclic) bond motifs is 9. The lowest BCUT2D eigenvalue weighted by Gasteiger charge is -2.25. The molecule has 4 nitrogen and oxygen atoms in total. The van der Waals surface area contributed by atoms with Crippen LogP contribution in [-0.2, 0) is 12.8 Å². The molecule has 0 spiro atoms. The van der Waals surface area contributed by atoms with Crippen LogP contribution in [0.3, 0.4) is 0 Å². The molecule has 244 valence electrons. The van der Waals surface area contributed by atoms with Gasteiger partial charge in [-0.05, 0) is 83.7 Å². The molecule has 1 aliphatic heterocycles. The molecule has 0 radical (unpaired) electrons. The van der Waals surface area contributed by atoms with Gasteiger partial charge >= 0.3 is 0 Å². The summed E-state index contributed by atoms with van der Waals surface area (Å²) in [6.45, 7) is 0. The van der Waals surface area contributed by atoms with Gasteiger partial charge in [0, 0.05) is 52.0 Å². The third-order valence-corrected chi connectivity index (χ3v) is 13.1. The van der Waals surface area contributed by atoms with Crippen LogP contribution in [0.1, 0.15) is 44.8 Å². The van der Waals surface area contributed by atoms with Crippen molar-refractivity contribution in [3.63, 3.8) is 0 Å². The van der Waals surface area contributed by atoms with Crippen LogP contribution in [-0.4, -0.2) is 17.8 Å². The molecule has 5 aromatic carbocycles. The van der Waals surface area contributed by atoms with Crippen LogP contribution in [0.2, 0.25) is 0 Å². The number of thiophene rings is 2. The summed E-state index contributed by atoms with van der Waals surface area (Å²) in [5.74, 6) is 1.64. The molecule has 4 heterocycles. The molecule has 1 unspecified atom stereocenters. The van der Waals surface area contributed by atoms with E-state index in [1.807, 2.05) is 28.7 Å². The Kier molecular flexibility index (Phi) is 6.58. The summed E-state index contributed by atoms with van der Waals surface area (Å²) in [4.78, 5) is 13.4. The largest absolute Gasteiger partial charge is 0.456 e. The predicted molar refractivity (Wildman–Crippen MR) is 216 cm³/mol. The Hall–Kier alpha value is -5.56. The first-order chi connectivity index (χ1) is 25.2. The second kappa shape index (κ2) is 11.5. The number of allylic oxidation sites excluding steroid dienone is 1. The van der Waals surface area contributed by atoms with Crippen molar-refractivity contribution in [3.8, 4) is 11.1 Å². The van der Waals surface area contributed by atoms with Crippen LogP contribution in [0.15, 0.2) is 135 Å². The Morgan fingerprint density at radius 1 is 0.627 bits per heavy atom. The standard InChI is InChI=1S/C45H31N3OS2/c1-2-10-26(11-3-1)43-46-44(27-21-23-40-35(24-27)30-13-5-6-18-38(30)50-40)48-45(47-43)28-20-22-34-37(25-28)49-36-17-9-14-31(41(34)36)33-16-8-15-32-29-12-4-7-19-39(29)51-42(32)33/h1-6,8-18,20,22,24-25,44H,7,19,21,23H2,(H,46,47,48). The van der Waals surface area contributed by atoms with E-state index in [1.165, 1.54) is 57.8 Å². The number of nitrogens with zero attached hydrogens (tertiary/aromatic N) is 2. The molecule has 3 aliphatic rings. The summed E-state index contributed by atoms with van der Waals surface area (Å²) in [7, 11) is 0. The van der Waals surface area contributed by atoms with Crippen molar-refractivity contribution in [1.29, 1.82) is 0 Å². The summed E-state index contributed by atoms with van der Waals surface area (Å²) in [6.07, 6.45) is 10.8. The third kappa shape index (κ3) is 4.70. The van der Waals surface area contributed by atoms with Gasteiger partial charge in [-0.15, -0.1) is 22.7 Å². The molecule has 2 aliphatic carbocycles. The number of amidine groups is 2. The van der Waals surface area contributed by atoms with Crippen molar-refractivity contribution in [1.82, 2.24) is 5.32 Å². The fourth-order valence-electron chi connectivity index (χ4n) is 8.07. The molecular formula is C45H31N3OS2. The molecule has 8 aromatic rings. The molecule has 1 atom stereocenters. The van der Waals surface area contributed by atoms with Crippen molar-refractivity contribution >= 4 is 88.6 Å². The fourth-order valence-corrected chi connectivity index (χ4v) is 10.6. The van der Waals surface area contributed by atoms with Gasteiger partial charge in [0.25, 0.3) is 0 Å². The zero-order valence-electron chi connectivity index (χ0n) is 27.6. The third-order valence-electron chi connectivity index (χ3n) is 10.5. The first kappa shape index (κ1) is 29.2. The van der Waals surface area contributed by atoms with Crippen LogP contribution in [0.5, 0.6) is 0 Å². The summed E-state index contributed by atoms with van der Waals surface area (Å²) in [5.41, 5.74) is 10.2. The van der Waals surface area contributed by atoms with Crippen LogP contribution in [0.4, 0.5) is 0 Å². The van der Waals surface area contributed by atoms with E-state index < -0.39 is 0 Å². The number of rotatable bonds is 4. The predicted octanol–water partition coefficient (Wildman–Crippen LogP) is 11.8. The van der Waals surface area contributed by atoms with Gasteiger partial charge in [-0.2, -0.15) is 0 Å². The molecule has 11 rings (SSSR count). The van der Waals surface area contributed by atoms with E-state index >= 15 is 0 Å². The van der Waals surface area contributed by atoms with Crippen molar-refractivity contribution in [3.05, 3.63) is 153 Å². The maximum absolute atomic E-state index is 6.63. The number of aryl methyl sites for hydroxylation is 2. The molecule has 6 heteroatoms. The van der Waals surface area contributed by atoms with Crippen LogP contribution >= 0.6 is 22.7 Å². The highest BCUT2D eigenvalue weighted by Gasteiger charge is 2.26. The Balaban J connectivity index is 1.03. The fraction of sp³-hybridized carbons (Fsp3) is 0.111. The number of furan rings is 1. The minimum Gasteiger partial charge on any atom is -0.456 e. The Bertz CT molecular complexity index is 2850. The average molecular weight is 694 g/mol. The van der Waals surface area contributed by atoms with Gasteiger partial charge in [-0.3, -0.25) is 0 Å². The van der Waals surface area contributed by atoms with Gasteiger partial charge in [0.2, 0.25) is 0 Å². The smallest absolute Gasteiger partial charge is 0.166 e. The number of nitrogens with one attached hydrogen (secondary N) is 1. The highest BCUT2D eigenvalue weighted by molar-refractivity contribution is 7.20. The summed E-state index contributed by atoms with van der Waals surface area (Å²) in [5, 5.41) is 8.54. The lowest BCUT2D eigenvalue weighted by Crippen LogP contribution is -2.38. The summed E-state index contributed by atoms with van der Waals surface area (Å²) < 4.78 is 9.33. The van der Waals surface area contributed by atoms with E-state index in [1.54, 1.807) is 0 Å². The molecule has 0 saturated heterocycles. The molecule has 0 fully saturated rings. The van der Waals surface area contributed by atoms with E-state index in [-0.39, 0.29) is 6.17 Å². The molecule has 0 bridgehead atoms. The highest BCUT2D eigenvalue weighted by atomic mass is 32.1. The minimum absolute atomic E-state index is 0.312. The SMILES string of the molecule is C1=Cc2c(sc3c(-c4cccc5oc6cc(C7=NC(C8=Cc9c(sc%10ccccc9%10)CC8)N=C(c8ccccc8)N7)ccc6c45)cccc23)CC1. The quantitative estimate of drug-likeness (QED) is 0.199. The molecule has 51 heavy (non-hydrogen) atoms. The number of aliphatic imine (C=N–C) groups is 2. The molecule has 1 N–H and O–H groups in total. The lowest BCUT2D eigenvalue weighted by molar-refractivity contribution is 0.669. The number of benzene rings is 5. The van der Waals surface area contributed by atoms with Crippen molar-refractivity contribution in [2.75, 3.05) is 0 Å². The van der Waals surface area contributed by atoms with Gasteiger partial charge in [0.15, 0.2) is 6.17 Å². The van der Waals surface area contributed by atoms with Gasteiger partial charge in [0.1, 0.15) is 22.8 Å². The maximum atomic E-state index is 6.63. The zero-order valence-corrected chi connectivity index (χ0v) is 29.3. The van der Waals surface area contributed by atoms with Gasteiger partial charge < -0.3 is 9.73 Å². The Morgan fingerprint density at radius 3 is 2.37 bits per heavy atom. The second-order valence-corrected chi connectivity index (χ2v) is 15.8. The van der Waals surface area contributed by atoms with E-state index in [0.717, 1.165) is 70.4 Å². The average Bonchev–Trinajstić information content (AvgIpc) is 3.88. The highest BCUT2D eigenvalue weighted by Crippen LogP contribution is 2.45. The summed E-state index contributed by atoms with van der Waals surface area (Å²) >= 11 is 3.86. The zero-order chi connectivity index (χ0) is 33.5. The van der Waals surface area contributed by atoms with Crippen molar-refractivity contribution in [2.24, 2.45) is 9.98 Å². The molecular weight excluding hydrogens is 663 g/mol. The lowest BCUT2D eigenvalue weighted by atomic mass is 9.94. The van der Waals surface area contributed by atoms with Gasteiger partial charge in [0.05, 0.1) is 0 Å². The topological polar surface area (TPSA) is 49.9 Å².